The van der Waals surface area contributed by atoms with Crippen LogP contribution in [0.25, 0.3) is 5.52 Å². The Hall–Kier alpha value is -2.96. The van der Waals surface area contributed by atoms with Crippen molar-refractivity contribution in [2.24, 2.45) is 0 Å². The number of hydrogen-bond acceptors (Lipinski definition) is 4. The third kappa shape index (κ3) is 2.65. The zero-order valence-electron chi connectivity index (χ0n) is 15.6. The molecule has 1 atom stereocenters. The summed E-state index contributed by atoms with van der Waals surface area (Å²) in [6.45, 7) is 3.25. The van der Waals surface area contributed by atoms with Gasteiger partial charge >= 0.3 is 5.69 Å². The first kappa shape index (κ1) is 17.2. The van der Waals surface area contributed by atoms with Gasteiger partial charge in [0.05, 0.1) is 17.4 Å². The molecule has 0 bridgehead atoms. The maximum absolute atomic E-state index is 15.1. The molecular weight excluding hydrogens is 359 g/mol. The molecule has 3 aromatic heterocycles. The molecule has 0 amide bonds. The summed E-state index contributed by atoms with van der Waals surface area (Å²) in [4.78, 5) is 33.2. The molecule has 3 aromatic rings. The van der Waals surface area contributed by atoms with Crippen LogP contribution in [-0.2, 0) is 0 Å². The molecule has 144 valence electrons. The number of rotatable bonds is 3. The van der Waals surface area contributed by atoms with Crippen molar-refractivity contribution in [3.63, 3.8) is 0 Å². The molecule has 1 saturated heterocycles. The Morgan fingerprint density at radius 1 is 1.14 bits per heavy atom. The maximum Gasteiger partial charge on any atom is 0.333 e. The Bertz CT molecular complexity index is 1180. The van der Waals surface area contributed by atoms with Crippen LogP contribution in [0.2, 0.25) is 0 Å². The molecule has 4 heterocycles. The second-order valence-electron chi connectivity index (χ2n) is 7.83. The molecule has 1 N–H and O–H groups in total. The van der Waals surface area contributed by atoms with Crippen LogP contribution in [-0.4, -0.2) is 27.5 Å². The van der Waals surface area contributed by atoms with E-state index in [1.807, 2.05) is 24.0 Å². The van der Waals surface area contributed by atoms with Gasteiger partial charge in [-0.15, -0.1) is 0 Å². The highest BCUT2D eigenvalue weighted by atomic mass is 19.1. The first-order valence-corrected chi connectivity index (χ1v) is 9.67. The lowest BCUT2D eigenvalue weighted by molar-refractivity contribution is 0.610. The number of nitrogens with one attached hydrogen (secondary N) is 1. The molecule has 7 heteroatoms. The van der Waals surface area contributed by atoms with Gasteiger partial charge in [-0.2, -0.15) is 0 Å². The number of aromatic amines is 1. The van der Waals surface area contributed by atoms with Crippen LogP contribution in [0.15, 0.2) is 40.3 Å². The molecule has 0 aromatic carbocycles. The summed E-state index contributed by atoms with van der Waals surface area (Å²) in [7, 11) is 0. The van der Waals surface area contributed by atoms with E-state index in [0.29, 0.717) is 34.8 Å². The highest BCUT2D eigenvalue weighted by Gasteiger charge is 2.33. The topological polar surface area (TPSA) is 70.5 Å². The van der Waals surface area contributed by atoms with Gasteiger partial charge < -0.3 is 4.90 Å². The molecular formula is C21H21FN4O2. The molecule has 2 aliphatic rings. The Morgan fingerprint density at radius 3 is 2.61 bits per heavy atom. The van der Waals surface area contributed by atoms with E-state index < -0.39 is 11.5 Å². The number of pyridine rings is 2. The van der Waals surface area contributed by atoms with E-state index in [1.54, 1.807) is 12.4 Å². The number of aryl methyl sites for hydroxylation is 1. The van der Waals surface area contributed by atoms with Gasteiger partial charge in [-0.25, -0.2) is 9.18 Å². The first-order valence-electron chi connectivity index (χ1n) is 9.67. The van der Waals surface area contributed by atoms with Gasteiger partial charge in [0.2, 0.25) is 0 Å². The van der Waals surface area contributed by atoms with Crippen molar-refractivity contribution in [2.75, 3.05) is 18.0 Å². The molecule has 1 aliphatic carbocycles. The number of anilines is 1. The molecule has 6 nitrogen and oxygen atoms in total. The Morgan fingerprint density at radius 2 is 1.89 bits per heavy atom. The standard InChI is InChI=1S/C21H21FN4O2/c1-12-18(25-9-6-15(10-25)13-4-7-23-8-5-13)16(22)11-26-19(12)17(14-2-3-14)20(27)24-21(26)28/h4-5,7-8,11,14-15H,2-3,6,9-10H2,1H3,(H,24,27,28). The van der Waals surface area contributed by atoms with E-state index >= 15 is 4.39 Å². The fourth-order valence-corrected chi connectivity index (χ4v) is 4.55. The fraction of sp³-hybridized carbons (Fsp3) is 0.381. The monoisotopic (exact) mass is 380 g/mol. The SMILES string of the molecule is Cc1c(N2CCC(c3ccncc3)C2)c(F)cn2c(=O)[nH]c(=O)c(C3CC3)c12. The van der Waals surface area contributed by atoms with E-state index in [9.17, 15) is 9.59 Å². The van der Waals surface area contributed by atoms with Gasteiger partial charge in [0.1, 0.15) is 0 Å². The zero-order valence-corrected chi connectivity index (χ0v) is 15.6. The summed E-state index contributed by atoms with van der Waals surface area (Å²) < 4.78 is 16.4. The van der Waals surface area contributed by atoms with Gasteiger partial charge in [0, 0.05) is 42.5 Å². The maximum atomic E-state index is 15.1. The van der Waals surface area contributed by atoms with Crippen molar-refractivity contribution >= 4 is 11.2 Å². The Labute approximate surface area is 160 Å². The number of halogens is 1. The lowest BCUT2D eigenvalue weighted by atomic mass is 10.00. The van der Waals surface area contributed by atoms with Gasteiger partial charge in [0.15, 0.2) is 5.82 Å². The summed E-state index contributed by atoms with van der Waals surface area (Å²) >= 11 is 0. The van der Waals surface area contributed by atoms with E-state index in [4.69, 9.17) is 0 Å². The summed E-state index contributed by atoms with van der Waals surface area (Å²) in [6.07, 6.45) is 7.56. The molecule has 1 unspecified atom stereocenters. The second kappa shape index (κ2) is 6.29. The summed E-state index contributed by atoms with van der Waals surface area (Å²) in [5.74, 6) is 0.0260. The fourth-order valence-electron chi connectivity index (χ4n) is 4.55. The highest BCUT2D eigenvalue weighted by molar-refractivity contribution is 5.72. The zero-order chi connectivity index (χ0) is 19.4. The summed E-state index contributed by atoms with van der Waals surface area (Å²) in [5, 5.41) is 0. The summed E-state index contributed by atoms with van der Waals surface area (Å²) in [6, 6.07) is 4.00. The van der Waals surface area contributed by atoms with Crippen molar-refractivity contribution in [3.05, 3.63) is 74.1 Å². The molecule has 1 saturated carbocycles. The predicted molar refractivity (Wildman–Crippen MR) is 105 cm³/mol. The average Bonchev–Trinajstić information content (AvgIpc) is 3.40. The van der Waals surface area contributed by atoms with Crippen LogP contribution in [0.5, 0.6) is 0 Å². The second-order valence-corrected chi connectivity index (χ2v) is 7.83. The molecule has 0 radical (unpaired) electrons. The van der Waals surface area contributed by atoms with Gasteiger partial charge in [-0.1, -0.05) is 0 Å². The lowest BCUT2D eigenvalue weighted by Gasteiger charge is -2.23. The van der Waals surface area contributed by atoms with Gasteiger partial charge in [-0.05, 0) is 49.8 Å². The predicted octanol–water partition coefficient (Wildman–Crippen LogP) is 2.70. The van der Waals surface area contributed by atoms with Crippen LogP contribution in [0.1, 0.15) is 47.8 Å². The van der Waals surface area contributed by atoms with Crippen molar-refractivity contribution in [1.29, 1.82) is 0 Å². The minimum absolute atomic E-state index is 0.152. The number of fused-ring (bicyclic) bond motifs is 1. The van der Waals surface area contributed by atoms with Crippen molar-refractivity contribution in [2.45, 2.75) is 38.0 Å². The largest absolute Gasteiger partial charge is 0.368 e. The van der Waals surface area contributed by atoms with Gasteiger partial charge in [-0.3, -0.25) is 19.2 Å². The molecule has 28 heavy (non-hydrogen) atoms. The molecule has 0 spiro atoms. The molecule has 1 aliphatic heterocycles. The van der Waals surface area contributed by atoms with Crippen LogP contribution in [0.4, 0.5) is 10.1 Å². The van der Waals surface area contributed by atoms with Crippen molar-refractivity contribution in [3.8, 4) is 0 Å². The van der Waals surface area contributed by atoms with E-state index in [-0.39, 0.29) is 11.5 Å². The Kier molecular flexibility index (Phi) is 3.86. The number of H-pyrrole nitrogens is 1. The number of aromatic nitrogens is 3. The normalized spacial score (nSPS) is 19.5. The van der Waals surface area contributed by atoms with Crippen LogP contribution in [0.3, 0.4) is 0 Å². The van der Waals surface area contributed by atoms with Crippen molar-refractivity contribution in [1.82, 2.24) is 14.4 Å². The van der Waals surface area contributed by atoms with Crippen LogP contribution in [0, 0.1) is 12.7 Å². The van der Waals surface area contributed by atoms with E-state index in [1.165, 1.54) is 16.2 Å². The first-order chi connectivity index (χ1) is 13.5. The van der Waals surface area contributed by atoms with E-state index in [0.717, 1.165) is 25.8 Å². The highest BCUT2D eigenvalue weighted by Crippen LogP contribution is 2.42. The summed E-state index contributed by atoms with van der Waals surface area (Å²) in [5.41, 5.74) is 2.62. The van der Waals surface area contributed by atoms with E-state index in [2.05, 4.69) is 9.97 Å². The van der Waals surface area contributed by atoms with Gasteiger partial charge in [0.25, 0.3) is 5.56 Å². The minimum Gasteiger partial charge on any atom is -0.368 e. The smallest absolute Gasteiger partial charge is 0.333 e. The number of nitrogens with zero attached hydrogens (tertiary/aromatic N) is 3. The molecule has 2 fully saturated rings. The average molecular weight is 380 g/mol. The lowest BCUT2D eigenvalue weighted by Crippen LogP contribution is -2.31. The number of hydrogen-bond donors (Lipinski definition) is 1. The minimum atomic E-state index is -0.589. The quantitative estimate of drug-likeness (QED) is 0.759. The third-order valence-electron chi connectivity index (χ3n) is 6.03. The van der Waals surface area contributed by atoms with Crippen LogP contribution >= 0.6 is 0 Å². The third-order valence-corrected chi connectivity index (χ3v) is 6.03. The van der Waals surface area contributed by atoms with Crippen LogP contribution < -0.4 is 16.1 Å². The molecule has 5 rings (SSSR count). The van der Waals surface area contributed by atoms with Crippen molar-refractivity contribution < 1.29 is 4.39 Å². The Balaban J connectivity index is 1.64.